The van der Waals surface area contributed by atoms with Gasteiger partial charge in [0.15, 0.2) is 10.7 Å². The van der Waals surface area contributed by atoms with Crippen LogP contribution in [0.5, 0.6) is 0 Å². The first-order valence-corrected chi connectivity index (χ1v) is 11.6. The second-order valence-electron chi connectivity index (χ2n) is 9.11. The van der Waals surface area contributed by atoms with Crippen molar-refractivity contribution < 1.29 is 13.2 Å². The summed E-state index contributed by atoms with van der Waals surface area (Å²) in [4.78, 5) is 13.5. The van der Waals surface area contributed by atoms with Gasteiger partial charge in [-0.15, -0.1) is 0 Å². The maximum absolute atomic E-state index is 13.0. The van der Waals surface area contributed by atoms with Crippen molar-refractivity contribution in [3.05, 3.63) is 28.3 Å². The molecule has 0 saturated heterocycles. The molecule has 1 aliphatic carbocycles. The number of carbonyl (C=O) groups excluding carboxylic acids is 1. The third-order valence-corrected chi connectivity index (χ3v) is 7.13. The van der Waals surface area contributed by atoms with E-state index in [2.05, 4.69) is 33.8 Å². The number of rotatable bonds is 6. The minimum atomic E-state index is -2.72. The van der Waals surface area contributed by atoms with Gasteiger partial charge in [-0.2, -0.15) is 0 Å². The predicted molar refractivity (Wildman–Crippen MR) is 113 cm³/mol. The number of Topliss-reactive ketones (excluding diaryl/α,β-unsaturated/α-hetero) is 1. The highest BCUT2D eigenvalue weighted by molar-refractivity contribution is 7.72. The molecule has 0 unspecified atom stereocenters. The van der Waals surface area contributed by atoms with Gasteiger partial charge in [0.25, 0.3) is 0 Å². The number of thiol groups is 1. The highest BCUT2D eigenvalue weighted by Crippen LogP contribution is 2.49. The summed E-state index contributed by atoms with van der Waals surface area (Å²) in [5, 5.41) is 0. The molecule has 0 bridgehead atoms. The van der Waals surface area contributed by atoms with E-state index in [1.165, 1.54) is 5.56 Å². The Morgan fingerprint density at radius 2 is 1.41 bits per heavy atom. The maximum Gasteiger partial charge on any atom is 0.168 e. The number of carbonyl (C=O) groups is 1. The molecule has 0 N–H and O–H groups in total. The number of hydrogen-bond acceptors (Lipinski definition) is 3. The van der Waals surface area contributed by atoms with Crippen LogP contribution in [0.15, 0.2) is 11.0 Å². The largest absolute Gasteiger partial charge is 0.299 e. The first-order chi connectivity index (χ1) is 12.5. The van der Waals surface area contributed by atoms with E-state index in [4.69, 9.17) is 0 Å². The van der Waals surface area contributed by atoms with Gasteiger partial charge in [-0.05, 0) is 59.8 Å². The molecule has 3 nitrogen and oxygen atoms in total. The van der Waals surface area contributed by atoms with Gasteiger partial charge in [-0.1, -0.05) is 66.9 Å². The van der Waals surface area contributed by atoms with E-state index in [0.29, 0.717) is 4.90 Å². The molecule has 1 fully saturated rings. The second kappa shape index (κ2) is 8.46. The Morgan fingerprint density at radius 1 is 0.889 bits per heavy atom. The van der Waals surface area contributed by atoms with Gasteiger partial charge in [0, 0.05) is 0 Å². The lowest BCUT2D eigenvalue weighted by atomic mass is 9.62. The maximum atomic E-state index is 13.0. The second-order valence-corrected chi connectivity index (χ2v) is 10.1. The van der Waals surface area contributed by atoms with Crippen LogP contribution in [0.1, 0.15) is 121 Å². The monoisotopic (exact) mass is 392 g/mol. The van der Waals surface area contributed by atoms with Crippen molar-refractivity contribution in [3.63, 3.8) is 0 Å². The molecule has 4 heteroatoms. The van der Waals surface area contributed by atoms with Crippen LogP contribution in [0.4, 0.5) is 0 Å². The van der Waals surface area contributed by atoms with E-state index in [1.807, 2.05) is 13.8 Å². The Bertz CT molecular complexity index is 771. The van der Waals surface area contributed by atoms with E-state index in [-0.39, 0.29) is 23.5 Å². The quantitative estimate of drug-likeness (QED) is 0.621. The van der Waals surface area contributed by atoms with Gasteiger partial charge >= 0.3 is 0 Å². The zero-order chi connectivity index (χ0) is 20.5. The van der Waals surface area contributed by atoms with E-state index in [9.17, 15) is 13.2 Å². The fraction of sp³-hybridized carbons (Fsp3) is 0.696. The molecule has 0 aromatic heterocycles. The van der Waals surface area contributed by atoms with Crippen molar-refractivity contribution in [2.75, 3.05) is 0 Å². The molecule has 0 atom stereocenters. The van der Waals surface area contributed by atoms with Crippen molar-refractivity contribution in [2.45, 2.75) is 109 Å². The lowest BCUT2D eigenvalue weighted by Gasteiger charge is -2.41. The first kappa shape index (κ1) is 22.1. The zero-order valence-electron chi connectivity index (χ0n) is 18.0. The average Bonchev–Trinajstić information content (AvgIpc) is 2.59. The van der Waals surface area contributed by atoms with E-state index < -0.39 is 16.1 Å². The Hall–Kier alpha value is -1.16. The van der Waals surface area contributed by atoms with E-state index >= 15 is 0 Å². The molecule has 1 saturated carbocycles. The molecule has 2 rings (SSSR count). The number of benzene rings is 1. The third-order valence-electron chi connectivity index (χ3n) is 6.26. The molecule has 1 aromatic rings. The predicted octanol–water partition coefficient (Wildman–Crippen LogP) is 5.82. The minimum absolute atomic E-state index is 0.0530. The Balaban J connectivity index is 3.06. The summed E-state index contributed by atoms with van der Waals surface area (Å²) in [7, 11) is -2.72. The van der Waals surface area contributed by atoms with Crippen molar-refractivity contribution >= 4 is 16.5 Å². The molecular weight excluding hydrogens is 356 g/mol. The van der Waals surface area contributed by atoms with Crippen LogP contribution in [-0.2, 0) is 20.9 Å². The average molecular weight is 393 g/mol. The summed E-state index contributed by atoms with van der Waals surface area (Å²) < 4.78 is 24.8. The molecule has 0 radical (unpaired) electrons. The Labute approximate surface area is 166 Å². The molecular formula is C23H36O3S. The lowest BCUT2D eigenvalue weighted by molar-refractivity contribution is -0.123. The fourth-order valence-electron chi connectivity index (χ4n) is 4.87. The summed E-state index contributed by atoms with van der Waals surface area (Å²) in [6.45, 7) is 14.2. The van der Waals surface area contributed by atoms with Crippen LogP contribution in [0, 0.1) is 0 Å². The summed E-state index contributed by atoms with van der Waals surface area (Å²) in [5.74, 6) is 0.607. The van der Waals surface area contributed by atoms with Gasteiger partial charge in [0.2, 0.25) is 0 Å². The highest BCUT2D eigenvalue weighted by atomic mass is 32.2. The van der Waals surface area contributed by atoms with Gasteiger partial charge in [-0.3, -0.25) is 4.79 Å². The normalized spacial score (nSPS) is 17.3. The number of hydrogen-bond donors (Lipinski definition) is 1. The Kier molecular flexibility index (Phi) is 6.94. The van der Waals surface area contributed by atoms with E-state index in [1.54, 1.807) is 6.92 Å². The molecule has 0 amide bonds. The zero-order valence-corrected chi connectivity index (χ0v) is 18.9. The summed E-state index contributed by atoms with van der Waals surface area (Å²) in [5.41, 5.74) is 3.47. The van der Waals surface area contributed by atoms with Gasteiger partial charge in [-0.25, -0.2) is 8.42 Å². The molecule has 152 valence electrons. The van der Waals surface area contributed by atoms with Crippen LogP contribution < -0.4 is 0 Å². The molecule has 0 heterocycles. The van der Waals surface area contributed by atoms with Gasteiger partial charge in [0.05, 0.1) is 10.3 Å². The van der Waals surface area contributed by atoms with Crippen molar-refractivity contribution in [2.24, 2.45) is 0 Å². The third kappa shape index (κ3) is 4.01. The van der Waals surface area contributed by atoms with Gasteiger partial charge < -0.3 is 0 Å². The van der Waals surface area contributed by atoms with Crippen LogP contribution in [0.25, 0.3) is 0 Å². The molecule has 0 spiro atoms. The molecule has 1 aromatic carbocycles. The minimum Gasteiger partial charge on any atom is -0.299 e. The molecule has 27 heavy (non-hydrogen) atoms. The van der Waals surface area contributed by atoms with Crippen molar-refractivity contribution in [1.29, 1.82) is 0 Å². The van der Waals surface area contributed by atoms with Crippen molar-refractivity contribution in [1.82, 2.24) is 0 Å². The van der Waals surface area contributed by atoms with Crippen LogP contribution in [0.3, 0.4) is 0 Å². The number of ketones is 1. The topological polar surface area (TPSA) is 51.2 Å². The van der Waals surface area contributed by atoms with Crippen molar-refractivity contribution in [3.8, 4) is 0 Å². The SMILES string of the molecule is CC(=O)C1(c2c(C(C)C)cc(C(C)C)c([SH](=O)=O)c2C(C)C)CCCCC1. The summed E-state index contributed by atoms with van der Waals surface area (Å²) in [6, 6.07) is 2.09. The molecule has 0 aliphatic heterocycles. The van der Waals surface area contributed by atoms with Crippen LogP contribution >= 0.6 is 0 Å². The first-order valence-electron chi connectivity index (χ1n) is 10.4. The van der Waals surface area contributed by atoms with E-state index in [0.717, 1.165) is 48.8 Å². The fourth-order valence-corrected chi connectivity index (χ4v) is 5.97. The summed E-state index contributed by atoms with van der Waals surface area (Å²) >= 11 is 0. The highest BCUT2D eigenvalue weighted by Gasteiger charge is 2.43. The lowest BCUT2D eigenvalue weighted by Crippen LogP contribution is -2.39. The molecule has 1 aliphatic rings. The standard InChI is InChI=1S/C23H36O3S/c1-14(2)18-13-19(15(3)4)22(27(25)26)20(16(5)6)21(18)23(17(7)24)11-9-8-10-12-23/h13-16,27H,8-12H2,1-7H3. The van der Waals surface area contributed by atoms with Gasteiger partial charge in [0.1, 0.15) is 5.78 Å². The Morgan fingerprint density at radius 3 is 1.78 bits per heavy atom. The summed E-state index contributed by atoms with van der Waals surface area (Å²) in [6.07, 6.45) is 4.87. The van der Waals surface area contributed by atoms with Crippen LogP contribution in [0.2, 0.25) is 0 Å². The smallest absolute Gasteiger partial charge is 0.168 e. The van der Waals surface area contributed by atoms with Crippen LogP contribution in [-0.4, -0.2) is 14.2 Å².